The molecular weight excluding hydrogens is 568 g/mol. The zero-order valence-corrected chi connectivity index (χ0v) is 27.4. The lowest BCUT2D eigenvalue weighted by molar-refractivity contribution is -0.162. The Labute approximate surface area is 258 Å². The largest absolute Gasteiger partial charge is 0.469 e. The van der Waals surface area contributed by atoms with Crippen LogP contribution in [0, 0.1) is 10.8 Å². The first-order chi connectivity index (χ1) is 20.7. The van der Waals surface area contributed by atoms with E-state index in [1.54, 1.807) is 27.9 Å². The lowest BCUT2D eigenvalue weighted by Gasteiger charge is -2.33. The third-order valence-corrected chi connectivity index (χ3v) is 6.34. The van der Waals surface area contributed by atoms with E-state index in [0.29, 0.717) is 119 Å². The fourth-order valence-corrected chi connectivity index (χ4v) is 3.81. The first kappa shape index (κ1) is 41.6. The van der Waals surface area contributed by atoms with E-state index in [1.165, 1.54) is 7.11 Å². The molecule has 0 heterocycles. The predicted molar refractivity (Wildman–Crippen MR) is 158 cm³/mol. The molecule has 43 heavy (non-hydrogen) atoms. The summed E-state index contributed by atoms with van der Waals surface area (Å²) in [5, 5.41) is 0. The lowest BCUT2D eigenvalue weighted by atomic mass is 9.72. The van der Waals surface area contributed by atoms with Gasteiger partial charge in [-0.2, -0.15) is 0 Å². The Balaban J connectivity index is 3.42. The average Bonchev–Trinajstić information content (AvgIpc) is 2.99. The maximum Gasteiger partial charge on any atom is 0.311 e. The number of rotatable bonds is 32. The highest BCUT2D eigenvalue weighted by atomic mass is 16.6. The molecule has 0 N–H and O–H groups in total. The Bertz CT molecular complexity index is 662. The monoisotopic (exact) mass is 626 g/mol. The third-order valence-electron chi connectivity index (χ3n) is 6.34. The van der Waals surface area contributed by atoms with Crippen LogP contribution in [-0.4, -0.2) is 145 Å². The zero-order valence-electron chi connectivity index (χ0n) is 27.4. The second-order valence-electron chi connectivity index (χ2n) is 10.5. The van der Waals surface area contributed by atoms with Gasteiger partial charge in [0.05, 0.1) is 130 Å². The minimum absolute atomic E-state index is 0.133. The number of ether oxygens (including phenoxy) is 11. The van der Waals surface area contributed by atoms with E-state index in [1.807, 2.05) is 6.92 Å². The van der Waals surface area contributed by atoms with Crippen LogP contribution < -0.4 is 0 Å². The maximum atomic E-state index is 12.5. The molecule has 256 valence electrons. The van der Waals surface area contributed by atoms with Gasteiger partial charge in [0.1, 0.15) is 6.61 Å². The molecule has 0 aliphatic rings. The summed E-state index contributed by atoms with van der Waals surface area (Å²) in [5.41, 5.74) is -1.57. The number of hydrogen-bond donors (Lipinski definition) is 0. The first-order valence-corrected chi connectivity index (χ1v) is 15.1. The van der Waals surface area contributed by atoms with Crippen molar-refractivity contribution in [1.29, 1.82) is 0 Å². The van der Waals surface area contributed by atoms with Gasteiger partial charge >= 0.3 is 11.9 Å². The number of carbonyl (C=O) groups is 2. The van der Waals surface area contributed by atoms with Gasteiger partial charge in [-0.15, -0.1) is 0 Å². The van der Waals surface area contributed by atoms with Gasteiger partial charge in [0, 0.05) is 7.11 Å². The van der Waals surface area contributed by atoms with Crippen LogP contribution in [0.4, 0.5) is 0 Å². The Hall–Kier alpha value is -1.42. The SMILES string of the molecule is CCC(C)(CC(C)(C)C(=O)OCCOCCOCCOCCOCCOCCOCCOCCOCCOC)C(=O)OC. The highest BCUT2D eigenvalue weighted by Gasteiger charge is 2.42. The summed E-state index contributed by atoms with van der Waals surface area (Å²) in [4.78, 5) is 24.6. The Kier molecular flexibility index (Phi) is 27.2. The topological polar surface area (TPSA) is 136 Å². The van der Waals surface area contributed by atoms with Crippen molar-refractivity contribution in [3.8, 4) is 0 Å². The number of carbonyl (C=O) groups excluding carboxylic acids is 2. The molecule has 1 unspecified atom stereocenters. The molecule has 13 heteroatoms. The van der Waals surface area contributed by atoms with Crippen LogP contribution in [0.5, 0.6) is 0 Å². The summed E-state index contributed by atoms with van der Waals surface area (Å²) in [6, 6.07) is 0. The second-order valence-corrected chi connectivity index (χ2v) is 10.5. The molecule has 0 aliphatic heterocycles. The molecule has 0 saturated carbocycles. The van der Waals surface area contributed by atoms with E-state index < -0.39 is 10.8 Å². The van der Waals surface area contributed by atoms with Gasteiger partial charge in [0.15, 0.2) is 0 Å². The molecule has 0 bridgehead atoms. The summed E-state index contributed by atoms with van der Waals surface area (Å²) in [7, 11) is 2.99. The molecule has 0 fully saturated rings. The molecular formula is C30H58O13. The second kappa shape index (κ2) is 28.1. The van der Waals surface area contributed by atoms with Crippen molar-refractivity contribution in [1.82, 2.24) is 0 Å². The highest BCUT2D eigenvalue weighted by Crippen LogP contribution is 2.38. The van der Waals surface area contributed by atoms with Crippen molar-refractivity contribution >= 4 is 11.9 Å². The number of methoxy groups -OCH3 is 2. The summed E-state index contributed by atoms with van der Waals surface area (Å²) >= 11 is 0. The van der Waals surface area contributed by atoms with Gasteiger partial charge in [0.2, 0.25) is 0 Å². The van der Waals surface area contributed by atoms with Gasteiger partial charge < -0.3 is 52.1 Å². The fourth-order valence-electron chi connectivity index (χ4n) is 3.81. The van der Waals surface area contributed by atoms with Crippen molar-refractivity contribution in [2.45, 2.75) is 40.5 Å². The molecule has 0 amide bonds. The van der Waals surface area contributed by atoms with Crippen LogP contribution in [0.15, 0.2) is 0 Å². The van der Waals surface area contributed by atoms with Crippen molar-refractivity contribution < 1.29 is 61.7 Å². The zero-order chi connectivity index (χ0) is 32.1. The molecule has 0 aliphatic carbocycles. The van der Waals surface area contributed by atoms with Crippen LogP contribution in [0.25, 0.3) is 0 Å². The maximum absolute atomic E-state index is 12.5. The molecule has 0 aromatic rings. The average molecular weight is 627 g/mol. The smallest absolute Gasteiger partial charge is 0.311 e. The minimum Gasteiger partial charge on any atom is -0.469 e. The van der Waals surface area contributed by atoms with E-state index in [9.17, 15) is 9.59 Å². The van der Waals surface area contributed by atoms with Crippen LogP contribution >= 0.6 is 0 Å². The Morgan fingerprint density at radius 3 is 1.05 bits per heavy atom. The van der Waals surface area contributed by atoms with E-state index in [-0.39, 0.29) is 25.2 Å². The quantitative estimate of drug-likeness (QED) is 0.0799. The number of hydrogen-bond acceptors (Lipinski definition) is 13. The predicted octanol–water partition coefficient (Wildman–Crippen LogP) is 2.31. The van der Waals surface area contributed by atoms with Crippen molar-refractivity contribution in [2.75, 3.05) is 133 Å². The summed E-state index contributed by atoms with van der Waals surface area (Å²) < 4.78 is 58.5. The van der Waals surface area contributed by atoms with Crippen LogP contribution in [0.1, 0.15) is 40.5 Å². The van der Waals surface area contributed by atoms with Gasteiger partial charge in [-0.1, -0.05) is 6.92 Å². The van der Waals surface area contributed by atoms with Crippen LogP contribution in [-0.2, 0) is 61.7 Å². The Morgan fingerprint density at radius 1 is 0.465 bits per heavy atom. The van der Waals surface area contributed by atoms with E-state index >= 15 is 0 Å². The van der Waals surface area contributed by atoms with Crippen molar-refractivity contribution in [2.24, 2.45) is 10.8 Å². The van der Waals surface area contributed by atoms with E-state index in [4.69, 9.17) is 52.1 Å². The third kappa shape index (κ3) is 23.6. The van der Waals surface area contributed by atoms with Gasteiger partial charge in [0.25, 0.3) is 0 Å². The van der Waals surface area contributed by atoms with Crippen molar-refractivity contribution in [3.05, 3.63) is 0 Å². The summed E-state index contributed by atoms with van der Waals surface area (Å²) in [5.74, 6) is -0.698. The molecule has 0 saturated heterocycles. The van der Waals surface area contributed by atoms with Crippen LogP contribution in [0.2, 0.25) is 0 Å². The number of esters is 2. The van der Waals surface area contributed by atoms with Gasteiger partial charge in [-0.3, -0.25) is 9.59 Å². The lowest BCUT2D eigenvalue weighted by Crippen LogP contribution is -2.38. The van der Waals surface area contributed by atoms with E-state index in [2.05, 4.69) is 0 Å². The molecule has 0 rings (SSSR count). The van der Waals surface area contributed by atoms with Crippen molar-refractivity contribution in [3.63, 3.8) is 0 Å². The highest BCUT2D eigenvalue weighted by molar-refractivity contribution is 5.80. The standard InChI is InChI=1S/C30H58O13/c1-7-30(4,28(32)34-6)26-29(2,3)27(31)43-25-24-42-23-22-41-21-20-40-19-18-39-17-16-38-15-14-37-13-12-36-11-10-35-9-8-33-5/h7-26H2,1-6H3. The normalized spacial score (nSPS) is 13.2. The summed E-state index contributed by atoms with van der Waals surface area (Å²) in [6.07, 6.45) is 0.901. The van der Waals surface area contributed by atoms with Gasteiger partial charge in [-0.25, -0.2) is 0 Å². The molecule has 1 atom stereocenters. The minimum atomic E-state index is -0.826. The molecule has 0 radical (unpaired) electrons. The first-order valence-electron chi connectivity index (χ1n) is 15.1. The molecule has 0 aromatic heterocycles. The molecule has 13 nitrogen and oxygen atoms in total. The molecule has 0 spiro atoms. The molecule has 0 aromatic carbocycles. The van der Waals surface area contributed by atoms with Crippen LogP contribution in [0.3, 0.4) is 0 Å². The van der Waals surface area contributed by atoms with Gasteiger partial charge in [-0.05, 0) is 33.6 Å². The fraction of sp³-hybridized carbons (Fsp3) is 0.933. The van der Waals surface area contributed by atoms with E-state index in [0.717, 1.165) is 0 Å². The summed E-state index contributed by atoms with van der Waals surface area (Å²) in [6.45, 7) is 15.5. The Morgan fingerprint density at radius 2 is 0.767 bits per heavy atom.